The van der Waals surface area contributed by atoms with Crippen LogP contribution in [0, 0.1) is 0 Å². The Bertz CT molecular complexity index is 1180. The zero-order valence-electron chi connectivity index (χ0n) is 16.9. The quantitative estimate of drug-likeness (QED) is 0.586. The number of amides is 1. The number of aromatic nitrogens is 1. The highest BCUT2D eigenvalue weighted by Gasteiger charge is 2.30. The molecule has 162 valence electrons. The largest absolute Gasteiger partial charge is 0.376 e. The van der Waals surface area contributed by atoms with Crippen LogP contribution in [0.3, 0.4) is 0 Å². The summed E-state index contributed by atoms with van der Waals surface area (Å²) in [6.45, 7) is 1.07. The molecule has 1 saturated carbocycles. The van der Waals surface area contributed by atoms with Gasteiger partial charge < -0.3 is 4.74 Å². The highest BCUT2D eigenvalue weighted by Crippen LogP contribution is 2.31. The number of anilines is 1. The van der Waals surface area contributed by atoms with Gasteiger partial charge in [-0.05, 0) is 56.0 Å². The molecule has 5 rings (SSSR count). The Morgan fingerprint density at radius 2 is 2.00 bits per heavy atom. The Labute approximate surface area is 185 Å². The summed E-state index contributed by atoms with van der Waals surface area (Å²) >= 11 is 1.45. The molecule has 1 aromatic heterocycles. The first-order valence-corrected chi connectivity index (χ1v) is 12.7. The van der Waals surface area contributed by atoms with Gasteiger partial charge in [0.25, 0.3) is 5.91 Å². The third-order valence-electron chi connectivity index (χ3n) is 5.46. The molecule has 1 aliphatic heterocycles. The molecule has 2 aromatic carbocycles. The second-order valence-electron chi connectivity index (χ2n) is 7.94. The number of nitrogens with one attached hydrogen (secondary N) is 1. The SMILES string of the molecule is O=C(c1cccc(S(=O)(=O)NC2CC2)c1)N(CC1CCCO1)c1nc2ccccc2s1. The average molecular weight is 458 g/mol. The predicted octanol–water partition coefficient (Wildman–Crippen LogP) is 3.56. The van der Waals surface area contributed by atoms with E-state index < -0.39 is 10.0 Å². The Balaban J connectivity index is 1.48. The van der Waals surface area contributed by atoms with E-state index in [0.717, 1.165) is 35.9 Å². The first-order valence-electron chi connectivity index (χ1n) is 10.4. The van der Waals surface area contributed by atoms with Crippen molar-refractivity contribution in [1.82, 2.24) is 9.71 Å². The number of sulfonamides is 1. The number of hydrogen-bond acceptors (Lipinski definition) is 6. The van der Waals surface area contributed by atoms with Crippen molar-refractivity contribution in [2.24, 2.45) is 0 Å². The monoisotopic (exact) mass is 457 g/mol. The maximum absolute atomic E-state index is 13.5. The first kappa shape index (κ1) is 20.6. The Hall–Kier alpha value is -2.33. The minimum absolute atomic E-state index is 0.00289. The van der Waals surface area contributed by atoms with E-state index in [4.69, 9.17) is 4.74 Å². The number of ether oxygens (including phenoxy) is 1. The summed E-state index contributed by atoms with van der Waals surface area (Å²) < 4.78 is 34.7. The summed E-state index contributed by atoms with van der Waals surface area (Å²) in [5.41, 5.74) is 1.15. The fraction of sp³-hybridized carbons (Fsp3) is 0.364. The van der Waals surface area contributed by atoms with Gasteiger partial charge in [-0.25, -0.2) is 18.1 Å². The van der Waals surface area contributed by atoms with Crippen LogP contribution in [-0.4, -0.2) is 44.6 Å². The summed E-state index contributed by atoms with van der Waals surface area (Å²) in [6.07, 6.45) is 3.50. The standard InChI is InChI=1S/C22H23N3O4S2/c26-21(15-5-3-7-18(13-15)31(27,28)24-16-10-11-16)25(14-17-6-4-12-29-17)22-23-19-8-1-2-9-20(19)30-22/h1-3,5,7-9,13,16-17,24H,4,6,10-12,14H2. The zero-order valence-corrected chi connectivity index (χ0v) is 18.5. The highest BCUT2D eigenvalue weighted by molar-refractivity contribution is 7.89. The molecule has 9 heteroatoms. The van der Waals surface area contributed by atoms with Gasteiger partial charge in [-0.3, -0.25) is 9.69 Å². The lowest BCUT2D eigenvalue weighted by Crippen LogP contribution is -2.37. The molecule has 0 bridgehead atoms. The maximum Gasteiger partial charge on any atom is 0.260 e. The molecule has 7 nitrogen and oxygen atoms in total. The molecule has 0 spiro atoms. The molecule has 1 amide bonds. The van der Waals surface area contributed by atoms with Crippen LogP contribution in [0.15, 0.2) is 53.4 Å². The van der Waals surface area contributed by atoms with Crippen molar-refractivity contribution in [2.45, 2.75) is 42.7 Å². The van der Waals surface area contributed by atoms with Crippen LogP contribution in [0.5, 0.6) is 0 Å². The molecule has 1 unspecified atom stereocenters. The fourth-order valence-corrected chi connectivity index (χ4v) is 5.98. The molecule has 3 aromatic rings. The van der Waals surface area contributed by atoms with E-state index in [1.54, 1.807) is 17.0 Å². The molecule has 1 saturated heterocycles. The van der Waals surface area contributed by atoms with Crippen molar-refractivity contribution < 1.29 is 17.9 Å². The van der Waals surface area contributed by atoms with E-state index in [-0.39, 0.29) is 22.9 Å². The maximum atomic E-state index is 13.5. The Kier molecular flexibility index (Phi) is 5.51. The topological polar surface area (TPSA) is 88.6 Å². The number of hydrogen-bond donors (Lipinski definition) is 1. The lowest BCUT2D eigenvalue weighted by molar-refractivity contribution is 0.0917. The van der Waals surface area contributed by atoms with Crippen LogP contribution in [0.2, 0.25) is 0 Å². The van der Waals surface area contributed by atoms with Crippen LogP contribution in [-0.2, 0) is 14.8 Å². The second kappa shape index (κ2) is 8.31. The fourth-order valence-electron chi connectivity index (χ4n) is 3.66. The molecular weight excluding hydrogens is 434 g/mol. The molecule has 2 aliphatic rings. The predicted molar refractivity (Wildman–Crippen MR) is 120 cm³/mol. The van der Waals surface area contributed by atoms with Gasteiger partial charge in [-0.15, -0.1) is 0 Å². The number of benzene rings is 2. The van der Waals surface area contributed by atoms with Crippen molar-refractivity contribution in [1.29, 1.82) is 0 Å². The van der Waals surface area contributed by atoms with E-state index >= 15 is 0 Å². The second-order valence-corrected chi connectivity index (χ2v) is 10.7. The summed E-state index contributed by atoms with van der Waals surface area (Å²) in [7, 11) is -3.64. The van der Waals surface area contributed by atoms with Crippen molar-refractivity contribution in [2.75, 3.05) is 18.1 Å². The Morgan fingerprint density at radius 1 is 1.16 bits per heavy atom. The van der Waals surface area contributed by atoms with Crippen LogP contribution in [0.25, 0.3) is 10.2 Å². The van der Waals surface area contributed by atoms with Gasteiger partial charge in [-0.2, -0.15) is 0 Å². The van der Waals surface area contributed by atoms with Gasteiger partial charge >= 0.3 is 0 Å². The van der Waals surface area contributed by atoms with E-state index in [9.17, 15) is 13.2 Å². The van der Waals surface area contributed by atoms with E-state index in [1.807, 2.05) is 24.3 Å². The number of fused-ring (bicyclic) bond motifs is 1. The van der Waals surface area contributed by atoms with Gasteiger partial charge in [0, 0.05) is 18.2 Å². The molecule has 1 atom stereocenters. The van der Waals surface area contributed by atoms with Gasteiger partial charge in [0.15, 0.2) is 5.13 Å². The molecule has 2 heterocycles. The number of para-hydroxylation sites is 1. The highest BCUT2D eigenvalue weighted by atomic mass is 32.2. The third-order valence-corrected chi connectivity index (χ3v) is 8.04. The van der Waals surface area contributed by atoms with Gasteiger partial charge in [0.05, 0.1) is 27.8 Å². The van der Waals surface area contributed by atoms with Crippen LogP contribution < -0.4 is 9.62 Å². The van der Waals surface area contributed by atoms with Crippen molar-refractivity contribution in [3.63, 3.8) is 0 Å². The summed E-state index contributed by atoms with van der Waals surface area (Å²) in [5, 5.41) is 0.589. The molecule has 31 heavy (non-hydrogen) atoms. The van der Waals surface area contributed by atoms with Gasteiger partial charge in [-0.1, -0.05) is 29.5 Å². The summed E-state index contributed by atoms with van der Waals surface area (Å²) in [5.74, 6) is -0.280. The average Bonchev–Trinajstić information content (AvgIpc) is 3.25. The normalized spacial score (nSPS) is 19.0. The smallest absolute Gasteiger partial charge is 0.260 e. The molecular formula is C22H23N3O4S2. The lowest BCUT2D eigenvalue weighted by atomic mass is 10.2. The van der Waals surface area contributed by atoms with Crippen molar-refractivity contribution in [3.8, 4) is 0 Å². The van der Waals surface area contributed by atoms with Gasteiger partial charge in [0.1, 0.15) is 0 Å². The number of nitrogens with zero attached hydrogens (tertiary/aromatic N) is 2. The molecule has 1 N–H and O–H groups in total. The van der Waals surface area contributed by atoms with Crippen LogP contribution >= 0.6 is 11.3 Å². The number of carbonyl (C=O) groups is 1. The third kappa shape index (κ3) is 4.50. The van der Waals surface area contributed by atoms with Crippen LogP contribution in [0.1, 0.15) is 36.0 Å². The van der Waals surface area contributed by atoms with E-state index in [0.29, 0.717) is 23.8 Å². The molecule has 0 radical (unpaired) electrons. The molecule has 1 aliphatic carbocycles. The lowest BCUT2D eigenvalue weighted by Gasteiger charge is -2.23. The summed E-state index contributed by atoms with van der Waals surface area (Å²) in [4.78, 5) is 19.9. The number of thiazole rings is 1. The number of rotatable bonds is 7. The minimum atomic E-state index is -3.64. The van der Waals surface area contributed by atoms with Crippen molar-refractivity contribution >= 4 is 42.6 Å². The number of carbonyl (C=O) groups excluding carboxylic acids is 1. The van der Waals surface area contributed by atoms with E-state index in [1.165, 1.54) is 23.5 Å². The van der Waals surface area contributed by atoms with E-state index in [2.05, 4.69) is 9.71 Å². The van der Waals surface area contributed by atoms with Crippen molar-refractivity contribution in [3.05, 3.63) is 54.1 Å². The minimum Gasteiger partial charge on any atom is -0.376 e. The first-order chi connectivity index (χ1) is 15.0. The van der Waals surface area contributed by atoms with Crippen LogP contribution in [0.4, 0.5) is 5.13 Å². The molecule has 2 fully saturated rings. The summed E-state index contributed by atoms with van der Waals surface area (Å²) in [6, 6.07) is 14.0. The van der Waals surface area contributed by atoms with Gasteiger partial charge in [0.2, 0.25) is 10.0 Å². The zero-order chi connectivity index (χ0) is 21.4. The Morgan fingerprint density at radius 3 is 2.74 bits per heavy atom.